The van der Waals surface area contributed by atoms with E-state index < -0.39 is 0 Å². The van der Waals surface area contributed by atoms with E-state index in [9.17, 15) is 4.79 Å². The predicted molar refractivity (Wildman–Crippen MR) is 97.7 cm³/mol. The molecule has 0 atom stereocenters. The second kappa shape index (κ2) is 6.34. The Labute approximate surface area is 146 Å². The molecule has 0 spiro atoms. The zero-order valence-corrected chi connectivity index (χ0v) is 14.4. The fourth-order valence-electron chi connectivity index (χ4n) is 3.54. The van der Waals surface area contributed by atoms with Crippen molar-refractivity contribution in [1.29, 1.82) is 0 Å². The fourth-order valence-corrected chi connectivity index (χ4v) is 3.71. The number of anilines is 1. The smallest absolute Gasteiger partial charge is 0.169 e. The van der Waals surface area contributed by atoms with Crippen LogP contribution in [-0.4, -0.2) is 22.9 Å². The number of pyridine rings is 1. The molecule has 0 unspecified atom stereocenters. The summed E-state index contributed by atoms with van der Waals surface area (Å²) in [5.41, 5.74) is 8.49. The Morgan fingerprint density at radius 1 is 1.17 bits per heavy atom. The van der Waals surface area contributed by atoms with Gasteiger partial charge in [0.25, 0.3) is 0 Å². The van der Waals surface area contributed by atoms with E-state index in [0.717, 1.165) is 55.1 Å². The lowest BCUT2D eigenvalue weighted by Crippen LogP contribution is -2.33. The standard InChI is InChI=1S/C19H22ClN3O/c20-12-3-8-17-15(9-12)18(23-14-6-4-13(21)5-7-14)16(10-22-17)19(24)11-1-2-11/h3,8-11,13-14H,1-2,4-7,21H2,(H,22,23). The lowest BCUT2D eigenvalue weighted by atomic mass is 9.91. The van der Waals surface area contributed by atoms with Gasteiger partial charge in [-0.25, -0.2) is 0 Å². The fraction of sp³-hybridized carbons (Fsp3) is 0.474. The zero-order valence-electron chi connectivity index (χ0n) is 13.6. The first kappa shape index (κ1) is 15.9. The molecule has 3 N–H and O–H groups in total. The lowest BCUT2D eigenvalue weighted by Gasteiger charge is -2.29. The van der Waals surface area contributed by atoms with E-state index >= 15 is 0 Å². The summed E-state index contributed by atoms with van der Waals surface area (Å²) in [5.74, 6) is 0.378. The van der Waals surface area contributed by atoms with Crippen LogP contribution >= 0.6 is 11.6 Å². The van der Waals surface area contributed by atoms with Gasteiger partial charge in [-0.1, -0.05) is 11.6 Å². The van der Waals surface area contributed by atoms with Gasteiger partial charge in [0.05, 0.1) is 16.8 Å². The van der Waals surface area contributed by atoms with Gasteiger partial charge in [0.1, 0.15) is 0 Å². The minimum absolute atomic E-state index is 0.170. The predicted octanol–water partition coefficient (Wildman–Crippen LogP) is 4.16. The third-order valence-corrected chi connectivity index (χ3v) is 5.40. The van der Waals surface area contributed by atoms with E-state index in [1.54, 1.807) is 6.20 Å². The van der Waals surface area contributed by atoms with Crippen LogP contribution in [0.4, 0.5) is 5.69 Å². The lowest BCUT2D eigenvalue weighted by molar-refractivity contribution is 0.0968. The Morgan fingerprint density at radius 2 is 1.92 bits per heavy atom. The van der Waals surface area contributed by atoms with Crippen LogP contribution in [0.2, 0.25) is 5.02 Å². The number of nitrogens with two attached hydrogens (primary N) is 1. The highest BCUT2D eigenvalue weighted by atomic mass is 35.5. The van der Waals surface area contributed by atoms with Crippen molar-refractivity contribution in [1.82, 2.24) is 4.98 Å². The van der Waals surface area contributed by atoms with Crippen molar-refractivity contribution in [3.63, 3.8) is 0 Å². The molecule has 0 amide bonds. The Bertz CT molecular complexity index is 780. The third-order valence-electron chi connectivity index (χ3n) is 5.16. The highest BCUT2D eigenvalue weighted by Crippen LogP contribution is 2.38. The van der Waals surface area contributed by atoms with Crippen LogP contribution in [-0.2, 0) is 0 Å². The van der Waals surface area contributed by atoms with Crippen LogP contribution in [0.1, 0.15) is 48.9 Å². The quantitative estimate of drug-likeness (QED) is 0.818. The average Bonchev–Trinajstić information content (AvgIpc) is 3.42. The summed E-state index contributed by atoms with van der Waals surface area (Å²) >= 11 is 6.20. The number of carbonyl (C=O) groups is 1. The van der Waals surface area contributed by atoms with E-state index in [0.29, 0.717) is 22.7 Å². The van der Waals surface area contributed by atoms with Crippen molar-refractivity contribution >= 4 is 34.0 Å². The van der Waals surface area contributed by atoms with E-state index in [1.165, 1.54) is 0 Å². The highest BCUT2D eigenvalue weighted by molar-refractivity contribution is 6.31. The maximum absolute atomic E-state index is 12.7. The van der Waals surface area contributed by atoms with Crippen LogP contribution in [0.25, 0.3) is 10.9 Å². The molecule has 2 saturated carbocycles. The highest BCUT2D eigenvalue weighted by Gasteiger charge is 2.33. The van der Waals surface area contributed by atoms with Gasteiger partial charge < -0.3 is 11.1 Å². The molecule has 126 valence electrons. The molecule has 1 heterocycles. The number of nitrogens with zero attached hydrogens (tertiary/aromatic N) is 1. The van der Waals surface area contributed by atoms with Gasteiger partial charge in [0, 0.05) is 34.6 Å². The molecule has 0 radical (unpaired) electrons. The minimum Gasteiger partial charge on any atom is -0.381 e. The normalized spacial score (nSPS) is 24.1. The summed E-state index contributed by atoms with van der Waals surface area (Å²) in [4.78, 5) is 17.2. The van der Waals surface area contributed by atoms with E-state index in [1.807, 2.05) is 18.2 Å². The van der Waals surface area contributed by atoms with Crippen LogP contribution in [0.5, 0.6) is 0 Å². The Hall–Kier alpha value is -1.65. The molecule has 1 aromatic carbocycles. The molecule has 4 nitrogen and oxygen atoms in total. The molecule has 2 fully saturated rings. The molecule has 24 heavy (non-hydrogen) atoms. The van der Waals surface area contributed by atoms with Gasteiger partial charge in [-0.2, -0.15) is 0 Å². The summed E-state index contributed by atoms with van der Waals surface area (Å²) in [7, 11) is 0. The molecule has 1 aromatic heterocycles. The van der Waals surface area contributed by atoms with Crippen LogP contribution in [0.3, 0.4) is 0 Å². The largest absolute Gasteiger partial charge is 0.381 e. The van der Waals surface area contributed by atoms with Crippen molar-refractivity contribution in [3.05, 3.63) is 35.0 Å². The van der Waals surface area contributed by atoms with E-state index in [4.69, 9.17) is 17.3 Å². The number of aromatic nitrogens is 1. The summed E-state index contributed by atoms with van der Waals surface area (Å²) in [6.45, 7) is 0. The first-order valence-electron chi connectivity index (χ1n) is 8.76. The van der Waals surface area contributed by atoms with Crippen molar-refractivity contribution < 1.29 is 4.79 Å². The Morgan fingerprint density at radius 3 is 2.62 bits per heavy atom. The second-order valence-corrected chi connectivity index (χ2v) is 7.54. The number of ketones is 1. The number of carbonyl (C=O) groups excluding carboxylic acids is 1. The number of nitrogens with one attached hydrogen (secondary N) is 1. The Balaban J connectivity index is 1.75. The van der Waals surface area contributed by atoms with E-state index in [2.05, 4.69) is 10.3 Å². The van der Waals surface area contributed by atoms with Gasteiger partial charge in [-0.3, -0.25) is 9.78 Å². The number of fused-ring (bicyclic) bond motifs is 1. The molecular formula is C19H22ClN3O. The summed E-state index contributed by atoms with van der Waals surface area (Å²) in [6.07, 6.45) is 7.81. The average molecular weight is 344 g/mol. The van der Waals surface area contributed by atoms with Gasteiger partial charge in [0.2, 0.25) is 0 Å². The number of hydrogen-bond donors (Lipinski definition) is 2. The molecular weight excluding hydrogens is 322 g/mol. The van der Waals surface area contributed by atoms with Crippen molar-refractivity contribution in [2.75, 3.05) is 5.32 Å². The maximum Gasteiger partial charge on any atom is 0.169 e. The van der Waals surface area contributed by atoms with Gasteiger partial charge in [0.15, 0.2) is 5.78 Å². The van der Waals surface area contributed by atoms with Crippen molar-refractivity contribution in [2.45, 2.75) is 50.6 Å². The minimum atomic E-state index is 0.170. The molecule has 2 aromatic rings. The van der Waals surface area contributed by atoms with Crippen LogP contribution in [0.15, 0.2) is 24.4 Å². The summed E-state index contributed by atoms with van der Waals surface area (Å²) in [6, 6.07) is 6.30. The van der Waals surface area contributed by atoms with Crippen molar-refractivity contribution in [2.24, 2.45) is 11.7 Å². The van der Waals surface area contributed by atoms with Gasteiger partial charge >= 0.3 is 0 Å². The molecule has 0 saturated heterocycles. The number of Topliss-reactive ketones (excluding diaryl/α,β-unsaturated/α-hetero) is 1. The van der Waals surface area contributed by atoms with E-state index in [-0.39, 0.29) is 11.7 Å². The number of benzene rings is 1. The molecule has 4 rings (SSSR count). The third kappa shape index (κ3) is 3.13. The monoisotopic (exact) mass is 343 g/mol. The number of hydrogen-bond acceptors (Lipinski definition) is 4. The van der Waals surface area contributed by atoms with Gasteiger partial charge in [-0.05, 0) is 56.7 Å². The summed E-state index contributed by atoms with van der Waals surface area (Å²) < 4.78 is 0. The zero-order chi connectivity index (χ0) is 16.7. The SMILES string of the molecule is NC1CCC(Nc2c(C(=O)C3CC3)cnc3ccc(Cl)cc23)CC1. The number of halogens is 1. The second-order valence-electron chi connectivity index (χ2n) is 7.10. The topological polar surface area (TPSA) is 68.0 Å². The molecule has 0 aliphatic heterocycles. The number of rotatable bonds is 4. The summed E-state index contributed by atoms with van der Waals surface area (Å²) in [5, 5.41) is 5.22. The van der Waals surface area contributed by atoms with Crippen molar-refractivity contribution in [3.8, 4) is 0 Å². The van der Waals surface area contributed by atoms with Gasteiger partial charge in [-0.15, -0.1) is 0 Å². The maximum atomic E-state index is 12.7. The first-order chi connectivity index (χ1) is 11.6. The Kier molecular flexibility index (Phi) is 4.19. The van der Waals surface area contributed by atoms with Crippen LogP contribution < -0.4 is 11.1 Å². The molecule has 0 bridgehead atoms. The molecule has 5 heteroatoms. The molecule has 2 aliphatic carbocycles. The molecule has 2 aliphatic rings. The van der Waals surface area contributed by atoms with Crippen LogP contribution in [0, 0.1) is 5.92 Å². The first-order valence-corrected chi connectivity index (χ1v) is 9.14.